The normalized spacial score (nSPS) is 55.0. The van der Waals surface area contributed by atoms with E-state index < -0.39 is 0 Å². The SMILES string of the molecule is C=C(C)C(=O)OC1CC2CC1(C)C1C3CCC(C)(C3)C21. The molecule has 2 nitrogen and oxygen atoms in total. The molecule has 4 aliphatic rings. The maximum Gasteiger partial charge on any atom is 0.333 e. The van der Waals surface area contributed by atoms with Crippen molar-refractivity contribution in [3.05, 3.63) is 12.2 Å². The number of hydrogen-bond donors (Lipinski definition) is 0. The Morgan fingerprint density at radius 3 is 2.65 bits per heavy atom. The van der Waals surface area contributed by atoms with Crippen molar-refractivity contribution in [2.45, 2.75) is 59.0 Å². The van der Waals surface area contributed by atoms with E-state index in [-0.39, 0.29) is 17.5 Å². The summed E-state index contributed by atoms with van der Waals surface area (Å²) in [5.41, 5.74) is 1.37. The molecular formula is C18H26O2. The summed E-state index contributed by atoms with van der Waals surface area (Å²) < 4.78 is 5.82. The molecule has 4 saturated carbocycles. The molecule has 4 rings (SSSR count). The molecule has 0 saturated heterocycles. The molecule has 0 aliphatic heterocycles. The zero-order valence-electron chi connectivity index (χ0n) is 12.9. The molecule has 0 heterocycles. The van der Waals surface area contributed by atoms with Gasteiger partial charge in [0.2, 0.25) is 0 Å². The van der Waals surface area contributed by atoms with Gasteiger partial charge in [0.25, 0.3) is 0 Å². The molecule has 2 heteroatoms. The van der Waals surface area contributed by atoms with E-state index >= 15 is 0 Å². The minimum Gasteiger partial charge on any atom is -0.458 e. The van der Waals surface area contributed by atoms with E-state index in [4.69, 9.17) is 4.74 Å². The third-order valence-electron chi connectivity index (χ3n) is 7.34. The second-order valence-corrected chi connectivity index (χ2v) is 8.59. The van der Waals surface area contributed by atoms with Gasteiger partial charge in [-0.25, -0.2) is 4.79 Å². The molecule has 4 aliphatic carbocycles. The van der Waals surface area contributed by atoms with Crippen LogP contribution in [0.15, 0.2) is 12.2 Å². The second kappa shape index (κ2) is 3.69. The lowest BCUT2D eigenvalue weighted by molar-refractivity contribution is -0.155. The Balaban J connectivity index is 1.62. The smallest absolute Gasteiger partial charge is 0.333 e. The van der Waals surface area contributed by atoms with Gasteiger partial charge in [-0.3, -0.25) is 0 Å². The van der Waals surface area contributed by atoms with Gasteiger partial charge in [-0.05, 0) is 68.1 Å². The molecule has 0 aromatic carbocycles. The fraction of sp³-hybridized carbons (Fsp3) is 0.833. The van der Waals surface area contributed by atoms with Gasteiger partial charge in [0.05, 0.1) is 0 Å². The maximum absolute atomic E-state index is 11.9. The van der Waals surface area contributed by atoms with Gasteiger partial charge in [0.15, 0.2) is 0 Å². The topological polar surface area (TPSA) is 26.3 Å². The predicted octanol–water partition coefficient (Wildman–Crippen LogP) is 3.96. The molecule has 20 heavy (non-hydrogen) atoms. The van der Waals surface area contributed by atoms with Crippen LogP contribution in [0.25, 0.3) is 0 Å². The van der Waals surface area contributed by atoms with Crippen molar-refractivity contribution in [2.75, 3.05) is 0 Å². The molecular weight excluding hydrogens is 248 g/mol. The maximum atomic E-state index is 11.9. The largest absolute Gasteiger partial charge is 0.458 e. The number of esters is 1. The molecule has 0 radical (unpaired) electrons. The highest BCUT2D eigenvalue weighted by molar-refractivity contribution is 5.87. The average molecular weight is 274 g/mol. The number of ether oxygens (including phenoxy) is 1. The molecule has 110 valence electrons. The van der Waals surface area contributed by atoms with Crippen LogP contribution in [-0.2, 0) is 9.53 Å². The number of carbonyl (C=O) groups is 1. The zero-order valence-corrected chi connectivity index (χ0v) is 12.9. The van der Waals surface area contributed by atoms with E-state index in [0.29, 0.717) is 11.0 Å². The van der Waals surface area contributed by atoms with Crippen molar-refractivity contribution < 1.29 is 9.53 Å². The Bertz CT molecular complexity index is 496. The van der Waals surface area contributed by atoms with Crippen LogP contribution in [0.5, 0.6) is 0 Å². The lowest BCUT2D eigenvalue weighted by atomic mass is 9.60. The van der Waals surface area contributed by atoms with Crippen molar-refractivity contribution in [3.63, 3.8) is 0 Å². The van der Waals surface area contributed by atoms with Crippen molar-refractivity contribution in [2.24, 2.45) is 34.5 Å². The summed E-state index contributed by atoms with van der Waals surface area (Å²) in [5.74, 6) is 3.22. The first-order valence-corrected chi connectivity index (χ1v) is 8.22. The van der Waals surface area contributed by atoms with E-state index in [1.165, 1.54) is 25.7 Å². The third kappa shape index (κ3) is 1.38. The van der Waals surface area contributed by atoms with Gasteiger partial charge >= 0.3 is 5.97 Å². The monoisotopic (exact) mass is 274 g/mol. The fourth-order valence-electron chi connectivity index (χ4n) is 6.83. The predicted molar refractivity (Wildman–Crippen MR) is 78.0 cm³/mol. The van der Waals surface area contributed by atoms with Gasteiger partial charge in [0, 0.05) is 11.0 Å². The molecule has 4 fully saturated rings. The van der Waals surface area contributed by atoms with E-state index in [1.54, 1.807) is 6.92 Å². The molecule has 0 aromatic heterocycles. The van der Waals surface area contributed by atoms with Crippen LogP contribution in [-0.4, -0.2) is 12.1 Å². The fourth-order valence-corrected chi connectivity index (χ4v) is 6.83. The van der Waals surface area contributed by atoms with Crippen molar-refractivity contribution in [3.8, 4) is 0 Å². The molecule has 7 unspecified atom stereocenters. The molecule has 7 atom stereocenters. The number of hydrogen-bond acceptors (Lipinski definition) is 2. The molecule has 4 bridgehead atoms. The second-order valence-electron chi connectivity index (χ2n) is 8.59. The Morgan fingerprint density at radius 1 is 1.20 bits per heavy atom. The number of fused-ring (bicyclic) bond motifs is 9. The highest BCUT2D eigenvalue weighted by atomic mass is 16.5. The third-order valence-corrected chi connectivity index (χ3v) is 7.34. The van der Waals surface area contributed by atoms with Crippen LogP contribution in [0.3, 0.4) is 0 Å². The van der Waals surface area contributed by atoms with Crippen molar-refractivity contribution in [1.82, 2.24) is 0 Å². The lowest BCUT2D eigenvalue weighted by Gasteiger charge is -2.46. The summed E-state index contributed by atoms with van der Waals surface area (Å²) in [7, 11) is 0. The first-order valence-electron chi connectivity index (χ1n) is 8.22. The summed E-state index contributed by atoms with van der Waals surface area (Å²) in [5, 5.41) is 0. The first-order chi connectivity index (χ1) is 9.35. The van der Waals surface area contributed by atoms with E-state index in [1.807, 2.05) is 0 Å². The van der Waals surface area contributed by atoms with E-state index in [0.717, 1.165) is 30.1 Å². The quantitative estimate of drug-likeness (QED) is 0.433. The van der Waals surface area contributed by atoms with Crippen molar-refractivity contribution >= 4 is 5.97 Å². The summed E-state index contributed by atoms with van der Waals surface area (Å²) in [6.07, 6.45) is 6.78. The van der Waals surface area contributed by atoms with Gasteiger partial charge in [-0.2, -0.15) is 0 Å². The molecule has 0 N–H and O–H groups in total. The molecule has 0 amide bonds. The van der Waals surface area contributed by atoms with Crippen LogP contribution >= 0.6 is 0 Å². The Morgan fingerprint density at radius 2 is 1.95 bits per heavy atom. The molecule has 0 aromatic rings. The average Bonchev–Trinajstić information content (AvgIpc) is 3.04. The summed E-state index contributed by atoms with van der Waals surface area (Å²) in [6, 6.07) is 0. The van der Waals surface area contributed by atoms with E-state index in [9.17, 15) is 4.79 Å². The lowest BCUT2D eigenvalue weighted by Crippen LogP contribution is -2.45. The minimum absolute atomic E-state index is 0.140. The zero-order chi connectivity index (χ0) is 14.3. The highest BCUT2D eigenvalue weighted by Crippen LogP contribution is 2.76. The van der Waals surface area contributed by atoms with Crippen molar-refractivity contribution in [1.29, 1.82) is 0 Å². The van der Waals surface area contributed by atoms with Gasteiger partial charge in [-0.1, -0.05) is 20.4 Å². The number of rotatable bonds is 2. The Labute approximate surface area is 122 Å². The van der Waals surface area contributed by atoms with Crippen LogP contribution in [0, 0.1) is 34.5 Å². The van der Waals surface area contributed by atoms with Crippen LogP contribution in [0.4, 0.5) is 0 Å². The van der Waals surface area contributed by atoms with Crippen LogP contribution in [0.2, 0.25) is 0 Å². The van der Waals surface area contributed by atoms with Crippen LogP contribution in [0.1, 0.15) is 52.9 Å². The minimum atomic E-state index is -0.185. The summed E-state index contributed by atoms with van der Waals surface area (Å²) >= 11 is 0. The number of carbonyl (C=O) groups excluding carboxylic acids is 1. The highest BCUT2D eigenvalue weighted by Gasteiger charge is 2.71. The Kier molecular flexibility index (Phi) is 2.39. The summed E-state index contributed by atoms with van der Waals surface area (Å²) in [4.78, 5) is 11.9. The van der Waals surface area contributed by atoms with Gasteiger partial charge in [-0.15, -0.1) is 0 Å². The summed E-state index contributed by atoms with van der Waals surface area (Å²) in [6.45, 7) is 10.4. The standard InChI is InChI=1S/C18H26O2/c1-10(2)16(19)20-13-7-12-9-18(13,4)15-11-5-6-17(3,8-11)14(12)15/h11-15H,1,5-9H2,2-4H3. The Hall–Kier alpha value is -0.790. The van der Waals surface area contributed by atoms with Crippen LogP contribution < -0.4 is 0 Å². The van der Waals surface area contributed by atoms with Gasteiger partial charge in [0.1, 0.15) is 6.10 Å². The first kappa shape index (κ1) is 12.9. The van der Waals surface area contributed by atoms with E-state index in [2.05, 4.69) is 20.4 Å². The van der Waals surface area contributed by atoms with Gasteiger partial charge < -0.3 is 4.74 Å². The molecule has 0 spiro atoms.